The second kappa shape index (κ2) is 9.07. The summed E-state index contributed by atoms with van der Waals surface area (Å²) in [5.41, 5.74) is 4.70. The first-order valence-corrected chi connectivity index (χ1v) is 10.7. The fraction of sp³-hybridized carbons (Fsp3) is 0.143. The molecule has 0 fully saturated rings. The van der Waals surface area contributed by atoms with Gasteiger partial charge >= 0.3 is 0 Å². The van der Waals surface area contributed by atoms with Crippen molar-refractivity contribution in [3.63, 3.8) is 0 Å². The Bertz CT molecular complexity index is 1140. The molecule has 154 valence electrons. The van der Waals surface area contributed by atoms with Crippen molar-refractivity contribution in [1.29, 1.82) is 0 Å². The second-order valence-corrected chi connectivity index (χ2v) is 7.78. The molecule has 3 nitrogen and oxygen atoms in total. The maximum Gasteiger partial charge on any atom is 0.135 e. The number of para-hydroxylation sites is 1. The predicted molar refractivity (Wildman–Crippen MR) is 124 cm³/mol. The number of hydrogen-bond donors (Lipinski definition) is 0. The molecule has 1 aliphatic rings. The summed E-state index contributed by atoms with van der Waals surface area (Å²) in [5, 5.41) is 0. The first kappa shape index (κ1) is 19.4. The molecule has 3 heteroatoms. The number of nitrogens with zero attached hydrogens (tertiary/aromatic N) is 1. The minimum atomic E-state index is 0.691. The van der Waals surface area contributed by atoms with E-state index < -0.39 is 0 Å². The van der Waals surface area contributed by atoms with Crippen molar-refractivity contribution in [2.24, 2.45) is 0 Å². The maximum atomic E-state index is 6.35. The van der Waals surface area contributed by atoms with E-state index in [1.54, 1.807) is 0 Å². The van der Waals surface area contributed by atoms with Gasteiger partial charge in [0.2, 0.25) is 0 Å². The zero-order chi connectivity index (χ0) is 20.9. The maximum absolute atomic E-state index is 6.35. The van der Waals surface area contributed by atoms with Crippen LogP contribution in [0, 0.1) is 0 Å². The van der Waals surface area contributed by atoms with Gasteiger partial charge in [-0.2, -0.15) is 0 Å². The molecule has 4 aromatic carbocycles. The van der Waals surface area contributed by atoms with Crippen molar-refractivity contribution in [2.45, 2.75) is 13.1 Å². The van der Waals surface area contributed by atoms with Gasteiger partial charge in [-0.1, -0.05) is 78.9 Å². The zero-order valence-electron chi connectivity index (χ0n) is 17.4. The molecule has 31 heavy (non-hydrogen) atoms. The van der Waals surface area contributed by atoms with Crippen LogP contribution in [0.2, 0.25) is 0 Å². The van der Waals surface area contributed by atoms with Crippen LogP contribution in [0.4, 0.5) is 0 Å². The van der Waals surface area contributed by atoms with E-state index in [1.807, 2.05) is 48.5 Å². The normalized spacial score (nSPS) is 13.7. The lowest BCUT2D eigenvalue weighted by molar-refractivity contribution is 0.219. The Morgan fingerprint density at radius 3 is 2.35 bits per heavy atom. The summed E-state index contributed by atoms with van der Waals surface area (Å²) in [6, 6.07) is 35.2. The van der Waals surface area contributed by atoms with Crippen LogP contribution in [0.1, 0.15) is 11.1 Å². The monoisotopic (exact) mass is 407 g/mol. The Labute approximate surface area is 183 Å². The third kappa shape index (κ3) is 4.62. The van der Waals surface area contributed by atoms with Crippen LogP contribution in [0.25, 0.3) is 11.1 Å². The molecule has 0 unspecified atom stereocenters. The molecule has 0 N–H and O–H groups in total. The molecular weight excluding hydrogens is 382 g/mol. The topological polar surface area (TPSA) is 21.7 Å². The quantitative estimate of drug-likeness (QED) is 0.375. The Morgan fingerprint density at radius 2 is 1.52 bits per heavy atom. The molecule has 0 spiro atoms. The standard InChI is InChI=1S/C28H25NO2/c1-3-9-22(10-4-1)20-29-17-18-30-27-16-15-25(19-24(27)21-29)31-28-14-8-7-13-26(28)23-11-5-2-6-12-23/h1-16,19H,17-18,20-21H2. The van der Waals surface area contributed by atoms with Gasteiger partial charge in [0.25, 0.3) is 0 Å². The summed E-state index contributed by atoms with van der Waals surface area (Å²) in [4.78, 5) is 2.42. The van der Waals surface area contributed by atoms with Crippen LogP contribution in [0.15, 0.2) is 103 Å². The van der Waals surface area contributed by atoms with Gasteiger partial charge in [-0.05, 0) is 35.4 Å². The van der Waals surface area contributed by atoms with E-state index in [0.717, 1.165) is 53.6 Å². The Morgan fingerprint density at radius 1 is 0.774 bits per heavy atom. The van der Waals surface area contributed by atoms with E-state index >= 15 is 0 Å². The average Bonchev–Trinajstić information content (AvgIpc) is 3.02. The van der Waals surface area contributed by atoms with E-state index in [4.69, 9.17) is 9.47 Å². The van der Waals surface area contributed by atoms with Crippen LogP contribution < -0.4 is 9.47 Å². The number of rotatable bonds is 5. The highest BCUT2D eigenvalue weighted by Gasteiger charge is 2.17. The van der Waals surface area contributed by atoms with Crippen molar-refractivity contribution in [3.05, 3.63) is 114 Å². The van der Waals surface area contributed by atoms with Gasteiger partial charge in [-0.3, -0.25) is 4.90 Å². The third-order valence-electron chi connectivity index (χ3n) is 5.54. The lowest BCUT2D eigenvalue weighted by Gasteiger charge is -2.19. The van der Waals surface area contributed by atoms with E-state index in [9.17, 15) is 0 Å². The molecule has 0 aromatic heterocycles. The number of hydrogen-bond acceptors (Lipinski definition) is 3. The molecule has 0 saturated carbocycles. The molecule has 1 aliphatic heterocycles. The molecule has 0 aliphatic carbocycles. The molecule has 0 amide bonds. The van der Waals surface area contributed by atoms with Crippen molar-refractivity contribution in [2.75, 3.05) is 13.2 Å². The van der Waals surface area contributed by atoms with E-state index in [-0.39, 0.29) is 0 Å². The Hall–Kier alpha value is -3.56. The fourth-order valence-corrected chi connectivity index (χ4v) is 4.00. The SMILES string of the molecule is c1ccc(CN2CCOc3ccc(Oc4ccccc4-c4ccccc4)cc3C2)cc1. The van der Waals surface area contributed by atoms with Gasteiger partial charge in [-0.25, -0.2) is 0 Å². The molecule has 4 aromatic rings. The van der Waals surface area contributed by atoms with Gasteiger partial charge in [-0.15, -0.1) is 0 Å². The first-order valence-electron chi connectivity index (χ1n) is 10.7. The summed E-state index contributed by atoms with van der Waals surface area (Å²) < 4.78 is 12.4. The van der Waals surface area contributed by atoms with Crippen LogP contribution in [0.5, 0.6) is 17.2 Å². The zero-order valence-corrected chi connectivity index (χ0v) is 17.4. The van der Waals surface area contributed by atoms with Gasteiger partial charge in [0.05, 0.1) is 0 Å². The Kier molecular flexibility index (Phi) is 5.68. The van der Waals surface area contributed by atoms with Gasteiger partial charge in [0.15, 0.2) is 0 Å². The summed E-state index contributed by atoms with van der Waals surface area (Å²) in [6.45, 7) is 3.33. The van der Waals surface area contributed by atoms with E-state index in [2.05, 4.69) is 59.5 Å². The summed E-state index contributed by atoms with van der Waals surface area (Å²) in [6.07, 6.45) is 0. The highest BCUT2D eigenvalue weighted by molar-refractivity contribution is 5.70. The molecule has 0 bridgehead atoms. The molecule has 0 atom stereocenters. The van der Waals surface area contributed by atoms with Crippen LogP contribution >= 0.6 is 0 Å². The highest BCUT2D eigenvalue weighted by atomic mass is 16.5. The van der Waals surface area contributed by atoms with Gasteiger partial charge < -0.3 is 9.47 Å². The average molecular weight is 408 g/mol. The molecular formula is C28H25NO2. The highest BCUT2D eigenvalue weighted by Crippen LogP contribution is 2.35. The molecule has 1 heterocycles. The largest absolute Gasteiger partial charge is 0.492 e. The Balaban J connectivity index is 1.39. The van der Waals surface area contributed by atoms with Crippen molar-refractivity contribution in [3.8, 4) is 28.4 Å². The number of fused-ring (bicyclic) bond motifs is 1. The second-order valence-electron chi connectivity index (χ2n) is 7.78. The van der Waals surface area contributed by atoms with Crippen LogP contribution in [-0.2, 0) is 13.1 Å². The summed E-state index contributed by atoms with van der Waals surface area (Å²) in [7, 11) is 0. The summed E-state index contributed by atoms with van der Waals surface area (Å²) in [5.74, 6) is 2.62. The van der Waals surface area contributed by atoms with Gasteiger partial charge in [0.1, 0.15) is 23.9 Å². The predicted octanol–water partition coefficient (Wildman–Crippen LogP) is 6.54. The fourth-order valence-electron chi connectivity index (χ4n) is 4.00. The first-order chi connectivity index (χ1) is 15.3. The number of ether oxygens (including phenoxy) is 2. The van der Waals surface area contributed by atoms with E-state index in [0.29, 0.717) is 6.61 Å². The van der Waals surface area contributed by atoms with Crippen molar-refractivity contribution < 1.29 is 9.47 Å². The summed E-state index contributed by atoms with van der Waals surface area (Å²) >= 11 is 0. The van der Waals surface area contributed by atoms with Gasteiger partial charge in [0, 0.05) is 30.8 Å². The lowest BCUT2D eigenvalue weighted by Crippen LogP contribution is -2.25. The minimum Gasteiger partial charge on any atom is -0.492 e. The van der Waals surface area contributed by atoms with Crippen molar-refractivity contribution in [1.82, 2.24) is 4.90 Å². The number of benzene rings is 4. The van der Waals surface area contributed by atoms with E-state index in [1.165, 1.54) is 5.56 Å². The lowest BCUT2D eigenvalue weighted by atomic mass is 10.0. The van der Waals surface area contributed by atoms with Crippen molar-refractivity contribution >= 4 is 0 Å². The minimum absolute atomic E-state index is 0.691. The molecule has 5 rings (SSSR count). The van der Waals surface area contributed by atoms with Crippen LogP contribution in [-0.4, -0.2) is 18.1 Å². The molecule has 0 radical (unpaired) electrons. The smallest absolute Gasteiger partial charge is 0.135 e. The third-order valence-corrected chi connectivity index (χ3v) is 5.54. The van der Waals surface area contributed by atoms with Crippen LogP contribution in [0.3, 0.4) is 0 Å². The molecule has 0 saturated heterocycles.